The van der Waals surface area contributed by atoms with Gasteiger partial charge < -0.3 is 10.2 Å². The molecule has 1 N–H and O–H groups in total. The fourth-order valence-corrected chi connectivity index (χ4v) is 3.92. The number of anilines is 1. The number of hydrogen-bond donors (Lipinski definition) is 1. The monoisotopic (exact) mass is 412 g/mol. The number of carbonyl (C=O) groups is 3. The molecular weight excluding hydrogens is 388 g/mol. The fraction of sp³-hybridized carbons (Fsp3) is 0.192. The van der Waals surface area contributed by atoms with Crippen molar-refractivity contribution in [2.24, 2.45) is 5.92 Å². The molecule has 0 spiro atoms. The Morgan fingerprint density at radius 3 is 2.10 bits per heavy atom. The highest BCUT2D eigenvalue weighted by atomic mass is 16.2. The van der Waals surface area contributed by atoms with E-state index >= 15 is 0 Å². The Kier molecular flexibility index (Phi) is 6.22. The lowest BCUT2D eigenvalue weighted by atomic mass is 9.94. The molecule has 4 rings (SSSR count). The summed E-state index contributed by atoms with van der Waals surface area (Å²) in [5, 5.41) is 2.93. The van der Waals surface area contributed by atoms with Gasteiger partial charge in [-0.2, -0.15) is 0 Å². The smallest absolute Gasteiger partial charge is 0.254 e. The first-order valence-electron chi connectivity index (χ1n) is 10.5. The molecule has 0 unspecified atom stereocenters. The molecule has 0 aromatic heterocycles. The topological polar surface area (TPSA) is 66.5 Å². The highest BCUT2D eigenvalue weighted by Crippen LogP contribution is 2.23. The molecule has 31 heavy (non-hydrogen) atoms. The van der Waals surface area contributed by atoms with E-state index in [-0.39, 0.29) is 23.5 Å². The molecule has 1 aliphatic rings. The van der Waals surface area contributed by atoms with Gasteiger partial charge in [0, 0.05) is 29.9 Å². The molecule has 1 atom stereocenters. The third-order valence-corrected chi connectivity index (χ3v) is 5.56. The molecule has 0 aliphatic carbocycles. The van der Waals surface area contributed by atoms with E-state index in [2.05, 4.69) is 5.32 Å². The Balaban J connectivity index is 1.51. The van der Waals surface area contributed by atoms with Crippen molar-refractivity contribution in [1.29, 1.82) is 0 Å². The molecule has 2 amide bonds. The van der Waals surface area contributed by atoms with Gasteiger partial charge in [0.1, 0.15) is 0 Å². The van der Waals surface area contributed by atoms with Crippen LogP contribution in [0.5, 0.6) is 0 Å². The molecule has 3 aromatic rings. The number of likely N-dealkylation sites (tertiary alicyclic amines) is 1. The van der Waals surface area contributed by atoms with Crippen LogP contribution in [0.2, 0.25) is 0 Å². The van der Waals surface area contributed by atoms with Gasteiger partial charge >= 0.3 is 0 Å². The second kappa shape index (κ2) is 9.39. The van der Waals surface area contributed by atoms with E-state index in [0.29, 0.717) is 29.8 Å². The van der Waals surface area contributed by atoms with Crippen molar-refractivity contribution in [3.05, 3.63) is 102 Å². The zero-order chi connectivity index (χ0) is 21.6. The average molecular weight is 412 g/mol. The van der Waals surface area contributed by atoms with Gasteiger partial charge in [-0.1, -0.05) is 66.7 Å². The van der Waals surface area contributed by atoms with Crippen molar-refractivity contribution >= 4 is 23.3 Å². The van der Waals surface area contributed by atoms with Crippen molar-refractivity contribution in [1.82, 2.24) is 4.90 Å². The lowest BCUT2D eigenvalue weighted by Crippen LogP contribution is -2.44. The van der Waals surface area contributed by atoms with Crippen molar-refractivity contribution < 1.29 is 14.4 Å². The van der Waals surface area contributed by atoms with Crippen LogP contribution in [-0.4, -0.2) is 35.6 Å². The van der Waals surface area contributed by atoms with Crippen molar-refractivity contribution in [3.63, 3.8) is 0 Å². The molecular formula is C26H24N2O3. The molecule has 1 heterocycles. The molecule has 3 aromatic carbocycles. The highest BCUT2D eigenvalue weighted by molar-refractivity contribution is 6.15. The lowest BCUT2D eigenvalue weighted by Gasteiger charge is -2.32. The van der Waals surface area contributed by atoms with Crippen LogP contribution in [0.1, 0.15) is 39.1 Å². The molecule has 1 aliphatic heterocycles. The third-order valence-electron chi connectivity index (χ3n) is 5.56. The van der Waals surface area contributed by atoms with Gasteiger partial charge in [-0.3, -0.25) is 14.4 Å². The largest absolute Gasteiger partial charge is 0.338 e. The molecule has 1 saturated heterocycles. The van der Waals surface area contributed by atoms with E-state index in [0.717, 1.165) is 18.5 Å². The molecule has 0 bridgehead atoms. The van der Waals surface area contributed by atoms with Crippen LogP contribution in [0.25, 0.3) is 0 Å². The Hall–Kier alpha value is -3.73. The first-order chi connectivity index (χ1) is 15.1. The van der Waals surface area contributed by atoms with E-state index in [1.54, 1.807) is 53.4 Å². The van der Waals surface area contributed by atoms with E-state index in [9.17, 15) is 14.4 Å². The van der Waals surface area contributed by atoms with Crippen molar-refractivity contribution in [2.45, 2.75) is 12.8 Å². The number of hydrogen-bond acceptors (Lipinski definition) is 3. The number of nitrogens with zero attached hydrogens (tertiary/aromatic N) is 1. The van der Waals surface area contributed by atoms with Crippen LogP contribution >= 0.6 is 0 Å². The Morgan fingerprint density at radius 1 is 0.774 bits per heavy atom. The number of nitrogens with one attached hydrogen (secondary N) is 1. The molecule has 156 valence electrons. The normalized spacial score (nSPS) is 15.9. The summed E-state index contributed by atoms with van der Waals surface area (Å²) in [6, 6.07) is 25.2. The summed E-state index contributed by atoms with van der Waals surface area (Å²) in [5.41, 5.74) is 2.05. The van der Waals surface area contributed by atoms with Gasteiger partial charge in [-0.25, -0.2) is 0 Å². The van der Waals surface area contributed by atoms with Crippen LogP contribution < -0.4 is 5.32 Å². The van der Waals surface area contributed by atoms with Crippen LogP contribution in [-0.2, 0) is 4.79 Å². The first kappa shape index (κ1) is 20.5. The van der Waals surface area contributed by atoms with Crippen LogP contribution in [0.4, 0.5) is 5.69 Å². The minimum atomic E-state index is -0.283. The summed E-state index contributed by atoms with van der Waals surface area (Å²) in [6.45, 7) is 0.910. The maximum absolute atomic E-state index is 13.3. The summed E-state index contributed by atoms with van der Waals surface area (Å²) in [5.74, 6) is -0.760. The number of piperidine rings is 1. The van der Waals surface area contributed by atoms with Crippen LogP contribution in [0.15, 0.2) is 84.9 Å². The summed E-state index contributed by atoms with van der Waals surface area (Å²) in [4.78, 5) is 40.7. The summed E-state index contributed by atoms with van der Waals surface area (Å²) < 4.78 is 0. The molecule has 0 radical (unpaired) electrons. The molecule has 5 nitrogen and oxygen atoms in total. The molecule has 5 heteroatoms. The van der Waals surface area contributed by atoms with Gasteiger partial charge in [0.2, 0.25) is 5.91 Å². The summed E-state index contributed by atoms with van der Waals surface area (Å²) in [6.07, 6.45) is 1.47. The maximum Gasteiger partial charge on any atom is 0.254 e. The number of ketones is 1. The van der Waals surface area contributed by atoms with E-state index in [1.165, 1.54) is 0 Å². The zero-order valence-corrected chi connectivity index (χ0v) is 17.2. The van der Waals surface area contributed by atoms with Crippen molar-refractivity contribution in [2.75, 3.05) is 18.4 Å². The third kappa shape index (κ3) is 4.72. The van der Waals surface area contributed by atoms with Crippen LogP contribution in [0.3, 0.4) is 0 Å². The fourth-order valence-electron chi connectivity index (χ4n) is 3.92. The van der Waals surface area contributed by atoms with Gasteiger partial charge in [0.25, 0.3) is 5.91 Å². The first-order valence-corrected chi connectivity index (χ1v) is 10.5. The number of rotatable bonds is 5. The molecule has 1 fully saturated rings. The average Bonchev–Trinajstić information content (AvgIpc) is 2.84. The van der Waals surface area contributed by atoms with Crippen molar-refractivity contribution in [3.8, 4) is 0 Å². The van der Waals surface area contributed by atoms with E-state index in [1.807, 2.05) is 36.4 Å². The lowest BCUT2D eigenvalue weighted by molar-refractivity contribution is -0.121. The minimum absolute atomic E-state index is 0.0858. The Bertz CT molecular complexity index is 1080. The highest BCUT2D eigenvalue weighted by Gasteiger charge is 2.30. The quantitative estimate of drug-likeness (QED) is 0.632. The summed E-state index contributed by atoms with van der Waals surface area (Å²) in [7, 11) is 0. The second-order valence-corrected chi connectivity index (χ2v) is 7.69. The maximum atomic E-state index is 13.3. The Labute approximate surface area is 181 Å². The number of carbonyl (C=O) groups excluding carboxylic acids is 3. The van der Waals surface area contributed by atoms with Crippen LogP contribution in [0, 0.1) is 5.92 Å². The SMILES string of the molecule is O=C(c1ccccc1)c1ccccc1C(=O)N1CCC[C@@H](C(=O)Nc2ccccc2)C1. The molecule has 0 saturated carbocycles. The zero-order valence-electron chi connectivity index (χ0n) is 17.2. The van der Waals surface area contributed by atoms with Gasteiger partial charge in [-0.05, 0) is 31.0 Å². The Morgan fingerprint density at radius 2 is 1.39 bits per heavy atom. The minimum Gasteiger partial charge on any atom is -0.338 e. The standard InChI is InChI=1S/C26H24N2O3/c29-24(19-10-3-1-4-11-19)22-15-7-8-16-23(22)26(31)28-17-9-12-20(18-28)25(30)27-21-13-5-2-6-14-21/h1-8,10-11,13-16,20H,9,12,17-18H2,(H,27,30)/t20-/m1/s1. The van der Waals surface area contributed by atoms with Gasteiger partial charge in [0.05, 0.1) is 11.5 Å². The van der Waals surface area contributed by atoms with E-state index in [4.69, 9.17) is 0 Å². The second-order valence-electron chi connectivity index (χ2n) is 7.69. The number of amides is 2. The van der Waals surface area contributed by atoms with E-state index < -0.39 is 0 Å². The summed E-state index contributed by atoms with van der Waals surface area (Å²) >= 11 is 0. The van der Waals surface area contributed by atoms with Gasteiger partial charge in [-0.15, -0.1) is 0 Å². The number of benzene rings is 3. The predicted molar refractivity (Wildman–Crippen MR) is 120 cm³/mol. The van der Waals surface area contributed by atoms with Gasteiger partial charge in [0.15, 0.2) is 5.78 Å². The predicted octanol–water partition coefficient (Wildman–Crippen LogP) is 4.41. The number of para-hydroxylation sites is 1.